The van der Waals surface area contributed by atoms with Crippen molar-refractivity contribution in [3.63, 3.8) is 0 Å². The summed E-state index contributed by atoms with van der Waals surface area (Å²) in [5.41, 5.74) is 1.14. The molecule has 0 saturated carbocycles. The highest BCUT2D eigenvalue weighted by molar-refractivity contribution is 7.91. The first-order chi connectivity index (χ1) is 16.5. The molecule has 1 amide bonds. The average Bonchev–Trinajstić information content (AvgIpc) is 3.05. The summed E-state index contributed by atoms with van der Waals surface area (Å²) in [5, 5.41) is 0. The standard InChI is InChI=1S/C26H35N3O4S/c1-2-33-25-11-7-6-10-24(25)28-18-16-27(17-19-28)22-12-13-26(30)29(15-14-22)20-21-34(31,32)23-8-4-3-5-9-23/h3-11,22H,2,12-21H2,1H3/t22-/m0/s1. The molecule has 0 aliphatic carbocycles. The van der Waals surface area contributed by atoms with Crippen molar-refractivity contribution in [3.8, 4) is 5.75 Å². The molecule has 2 aliphatic rings. The van der Waals surface area contributed by atoms with Crippen LogP contribution in [0.4, 0.5) is 5.69 Å². The van der Waals surface area contributed by atoms with Crippen LogP contribution in [-0.2, 0) is 14.6 Å². The van der Waals surface area contributed by atoms with Gasteiger partial charge in [-0.1, -0.05) is 30.3 Å². The monoisotopic (exact) mass is 485 g/mol. The molecular weight excluding hydrogens is 450 g/mol. The Morgan fingerprint density at radius 1 is 0.912 bits per heavy atom. The van der Waals surface area contributed by atoms with Crippen molar-refractivity contribution in [2.45, 2.75) is 37.1 Å². The van der Waals surface area contributed by atoms with Crippen LogP contribution < -0.4 is 9.64 Å². The van der Waals surface area contributed by atoms with E-state index in [1.807, 2.05) is 25.1 Å². The van der Waals surface area contributed by atoms with Crippen LogP contribution in [0.2, 0.25) is 0 Å². The number of hydrogen-bond acceptors (Lipinski definition) is 6. The number of rotatable bonds is 8. The lowest BCUT2D eigenvalue weighted by Crippen LogP contribution is -2.50. The Balaban J connectivity index is 1.30. The molecule has 4 rings (SSSR count). The van der Waals surface area contributed by atoms with Crippen molar-refractivity contribution in [1.29, 1.82) is 0 Å². The fraction of sp³-hybridized carbons (Fsp3) is 0.500. The van der Waals surface area contributed by atoms with Gasteiger partial charge in [0, 0.05) is 51.7 Å². The molecule has 1 atom stereocenters. The molecule has 2 aliphatic heterocycles. The molecule has 0 unspecified atom stereocenters. The summed E-state index contributed by atoms with van der Waals surface area (Å²) in [7, 11) is -3.39. The van der Waals surface area contributed by atoms with E-state index < -0.39 is 9.84 Å². The van der Waals surface area contributed by atoms with Crippen LogP contribution >= 0.6 is 0 Å². The summed E-state index contributed by atoms with van der Waals surface area (Å²) >= 11 is 0. The van der Waals surface area contributed by atoms with Gasteiger partial charge in [0.05, 0.1) is 22.9 Å². The number of ether oxygens (including phenoxy) is 1. The minimum absolute atomic E-state index is 0.0364. The SMILES string of the molecule is CCOc1ccccc1N1CCN([C@H]2CCC(=O)N(CCS(=O)(=O)c3ccccc3)CC2)CC1. The van der Waals surface area contributed by atoms with Gasteiger partial charge in [0.2, 0.25) is 5.91 Å². The van der Waals surface area contributed by atoms with E-state index in [1.54, 1.807) is 35.2 Å². The Labute approximate surface area is 203 Å². The van der Waals surface area contributed by atoms with E-state index in [4.69, 9.17) is 4.74 Å². The highest BCUT2D eigenvalue weighted by atomic mass is 32.2. The van der Waals surface area contributed by atoms with Gasteiger partial charge in [-0.25, -0.2) is 8.42 Å². The van der Waals surface area contributed by atoms with E-state index >= 15 is 0 Å². The summed E-state index contributed by atoms with van der Waals surface area (Å²) in [6.07, 6.45) is 2.19. The predicted molar refractivity (Wildman–Crippen MR) is 134 cm³/mol. The van der Waals surface area contributed by atoms with E-state index in [2.05, 4.69) is 15.9 Å². The normalized spacial score (nSPS) is 20.3. The third-order valence-corrected chi connectivity index (χ3v) is 8.56. The smallest absolute Gasteiger partial charge is 0.222 e. The zero-order valence-corrected chi connectivity index (χ0v) is 20.8. The number of hydrogen-bond donors (Lipinski definition) is 0. The maximum Gasteiger partial charge on any atom is 0.222 e. The number of para-hydroxylation sites is 2. The molecule has 0 bridgehead atoms. The van der Waals surface area contributed by atoms with E-state index in [9.17, 15) is 13.2 Å². The van der Waals surface area contributed by atoms with Crippen molar-refractivity contribution in [3.05, 3.63) is 54.6 Å². The van der Waals surface area contributed by atoms with Gasteiger partial charge in [-0.05, 0) is 44.0 Å². The van der Waals surface area contributed by atoms with Crippen molar-refractivity contribution in [1.82, 2.24) is 9.80 Å². The first-order valence-electron chi connectivity index (χ1n) is 12.2. The molecule has 7 nitrogen and oxygen atoms in total. The number of amides is 1. The van der Waals surface area contributed by atoms with Crippen LogP contribution in [0.3, 0.4) is 0 Å². The second-order valence-corrected chi connectivity index (χ2v) is 11.0. The van der Waals surface area contributed by atoms with Gasteiger partial charge in [0.15, 0.2) is 9.84 Å². The number of carbonyl (C=O) groups excluding carboxylic acids is 1. The molecule has 2 heterocycles. The molecule has 0 N–H and O–H groups in total. The summed E-state index contributed by atoms with van der Waals surface area (Å²) in [4.78, 5) is 19.7. The number of nitrogens with zero attached hydrogens (tertiary/aromatic N) is 3. The Morgan fingerprint density at radius 3 is 2.35 bits per heavy atom. The van der Waals surface area contributed by atoms with Gasteiger partial charge < -0.3 is 14.5 Å². The van der Waals surface area contributed by atoms with Gasteiger partial charge in [-0.15, -0.1) is 0 Å². The zero-order chi connectivity index (χ0) is 24.0. The molecular formula is C26H35N3O4S. The molecule has 2 saturated heterocycles. The Bertz CT molecular complexity index is 1050. The fourth-order valence-electron chi connectivity index (χ4n) is 4.92. The highest BCUT2D eigenvalue weighted by Gasteiger charge is 2.30. The number of piperazine rings is 1. The number of benzene rings is 2. The minimum Gasteiger partial charge on any atom is -0.492 e. The number of sulfone groups is 1. The summed E-state index contributed by atoms with van der Waals surface area (Å²) < 4.78 is 31.1. The number of likely N-dealkylation sites (tertiary alicyclic amines) is 1. The third kappa shape index (κ3) is 5.91. The van der Waals surface area contributed by atoms with Crippen LogP contribution in [-0.4, -0.2) is 81.8 Å². The lowest BCUT2D eigenvalue weighted by Gasteiger charge is -2.40. The fourth-order valence-corrected chi connectivity index (χ4v) is 6.19. The molecule has 0 aromatic heterocycles. The van der Waals surface area contributed by atoms with Gasteiger partial charge in [0.1, 0.15) is 5.75 Å². The summed E-state index contributed by atoms with van der Waals surface area (Å²) in [6.45, 7) is 7.26. The van der Waals surface area contributed by atoms with E-state index in [1.165, 1.54) is 0 Å². The van der Waals surface area contributed by atoms with Gasteiger partial charge >= 0.3 is 0 Å². The first-order valence-corrected chi connectivity index (χ1v) is 13.9. The van der Waals surface area contributed by atoms with Crippen LogP contribution in [0.1, 0.15) is 26.2 Å². The Morgan fingerprint density at radius 2 is 1.62 bits per heavy atom. The van der Waals surface area contributed by atoms with Crippen LogP contribution in [0.5, 0.6) is 5.75 Å². The zero-order valence-electron chi connectivity index (χ0n) is 19.9. The molecule has 0 radical (unpaired) electrons. The molecule has 184 valence electrons. The largest absolute Gasteiger partial charge is 0.492 e. The van der Waals surface area contributed by atoms with Crippen molar-refractivity contribution >= 4 is 21.4 Å². The van der Waals surface area contributed by atoms with Crippen molar-refractivity contribution in [2.24, 2.45) is 0 Å². The average molecular weight is 486 g/mol. The van der Waals surface area contributed by atoms with Crippen LogP contribution in [0, 0.1) is 0 Å². The lowest BCUT2D eigenvalue weighted by molar-refractivity contribution is -0.130. The molecule has 0 spiro atoms. The van der Waals surface area contributed by atoms with Crippen LogP contribution in [0.15, 0.2) is 59.5 Å². The first kappa shape index (κ1) is 24.5. The van der Waals surface area contributed by atoms with E-state index in [0.717, 1.165) is 50.5 Å². The van der Waals surface area contributed by atoms with Gasteiger partial charge in [0.25, 0.3) is 0 Å². The molecule has 34 heavy (non-hydrogen) atoms. The summed E-state index contributed by atoms with van der Waals surface area (Å²) in [5.74, 6) is 0.959. The maximum atomic E-state index is 12.7. The second-order valence-electron chi connectivity index (χ2n) is 8.92. The molecule has 2 aromatic carbocycles. The lowest BCUT2D eigenvalue weighted by atomic mass is 10.1. The highest BCUT2D eigenvalue weighted by Crippen LogP contribution is 2.30. The Hall–Kier alpha value is -2.58. The van der Waals surface area contributed by atoms with E-state index in [0.29, 0.717) is 30.5 Å². The van der Waals surface area contributed by atoms with Gasteiger partial charge in [-0.3, -0.25) is 9.69 Å². The topological polar surface area (TPSA) is 70.2 Å². The number of anilines is 1. The van der Waals surface area contributed by atoms with Crippen molar-refractivity contribution < 1.29 is 17.9 Å². The summed E-state index contributed by atoms with van der Waals surface area (Å²) in [6, 6.07) is 17.0. The third-order valence-electron chi connectivity index (χ3n) is 6.85. The quantitative estimate of drug-likeness (QED) is 0.572. The maximum absolute atomic E-state index is 12.7. The molecule has 2 aromatic rings. The molecule has 8 heteroatoms. The van der Waals surface area contributed by atoms with Crippen LogP contribution in [0.25, 0.3) is 0 Å². The van der Waals surface area contributed by atoms with E-state index in [-0.39, 0.29) is 18.2 Å². The predicted octanol–water partition coefficient (Wildman–Crippen LogP) is 3.06. The second kappa shape index (κ2) is 11.2. The number of carbonyl (C=O) groups is 1. The van der Waals surface area contributed by atoms with Gasteiger partial charge in [-0.2, -0.15) is 0 Å². The minimum atomic E-state index is -3.39. The molecule has 2 fully saturated rings. The van der Waals surface area contributed by atoms with Crippen molar-refractivity contribution in [2.75, 3.05) is 56.5 Å². The Kier molecular flexibility index (Phi) is 8.11.